The molecule has 0 atom stereocenters. The summed E-state index contributed by atoms with van der Waals surface area (Å²) in [6, 6.07) is 0. The maximum Gasteiger partial charge on any atom is 0.306 e. The molecule has 6 heteroatoms. The van der Waals surface area contributed by atoms with Crippen molar-refractivity contribution in [2.45, 2.75) is 52.0 Å². The van der Waals surface area contributed by atoms with Crippen LogP contribution in [0.4, 0.5) is 0 Å². The molecule has 2 N–H and O–H groups in total. The Morgan fingerprint density at radius 3 is 2.74 bits per heavy atom. The molecule has 2 rings (SSSR count). The number of esters is 1. The fourth-order valence-corrected chi connectivity index (χ4v) is 2.82. The highest BCUT2D eigenvalue weighted by Crippen LogP contribution is 2.50. The van der Waals surface area contributed by atoms with Crippen molar-refractivity contribution in [1.82, 2.24) is 10.1 Å². The first-order chi connectivity index (χ1) is 8.85. The number of aryl methyl sites for hydroxylation is 1. The van der Waals surface area contributed by atoms with Crippen LogP contribution in [0.5, 0.6) is 0 Å². The number of hydrogen-bond donors (Lipinski definition) is 1. The molecule has 0 aliphatic heterocycles. The van der Waals surface area contributed by atoms with Gasteiger partial charge in [-0.2, -0.15) is 4.98 Å². The molecule has 6 nitrogen and oxygen atoms in total. The summed E-state index contributed by atoms with van der Waals surface area (Å²) in [7, 11) is 0. The van der Waals surface area contributed by atoms with Crippen molar-refractivity contribution in [3.63, 3.8) is 0 Å². The summed E-state index contributed by atoms with van der Waals surface area (Å²) in [4.78, 5) is 15.5. The third kappa shape index (κ3) is 3.12. The van der Waals surface area contributed by atoms with Crippen molar-refractivity contribution in [2.75, 3.05) is 6.61 Å². The van der Waals surface area contributed by atoms with Gasteiger partial charge in [-0.1, -0.05) is 19.0 Å². The molecule has 0 amide bonds. The van der Waals surface area contributed by atoms with E-state index in [1.807, 2.05) is 0 Å². The lowest BCUT2D eigenvalue weighted by Gasteiger charge is -2.48. The molecule has 1 aliphatic carbocycles. The SMILES string of the molecule is CCOC(=O)CCc1nc(C2(N)CC(C)(C)C2)no1. The Balaban J connectivity index is 1.91. The number of carbonyl (C=O) groups excluding carboxylic acids is 1. The Morgan fingerprint density at radius 2 is 2.16 bits per heavy atom. The Morgan fingerprint density at radius 1 is 1.47 bits per heavy atom. The van der Waals surface area contributed by atoms with Gasteiger partial charge in [0.1, 0.15) is 0 Å². The molecule has 1 heterocycles. The minimum atomic E-state index is -0.477. The predicted octanol–water partition coefficient (Wildman–Crippen LogP) is 1.54. The van der Waals surface area contributed by atoms with Crippen LogP contribution in [0.2, 0.25) is 0 Å². The topological polar surface area (TPSA) is 91.2 Å². The summed E-state index contributed by atoms with van der Waals surface area (Å²) in [6.07, 6.45) is 2.33. The standard InChI is InChI=1S/C13H21N3O3/c1-4-18-10(17)6-5-9-15-11(16-19-9)13(14)7-12(2,3)8-13/h4-8,14H2,1-3H3. The van der Waals surface area contributed by atoms with Gasteiger partial charge >= 0.3 is 5.97 Å². The average molecular weight is 267 g/mol. The van der Waals surface area contributed by atoms with Crippen LogP contribution in [-0.4, -0.2) is 22.7 Å². The van der Waals surface area contributed by atoms with Crippen LogP contribution in [-0.2, 0) is 21.5 Å². The van der Waals surface area contributed by atoms with Gasteiger partial charge in [0.15, 0.2) is 5.82 Å². The van der Waals surface area contributed by atoms with E-state index in [0.29, 0.717) is 24.7 Å². The second-order valence-corrected chi connectivity index (χ2v) is 5.99. The molecular formula is C13H21N3O3. The third-order valence-corrected chi connectivity index (χ3v) is 3.35. The molecule has 19 heavy (non-hydrogen) atoms. The van der Waals surface area contributed by atoms with Gasteiger partial charge in [-0.25, -0.2) is 0 Å². The molecule has 0 unspecified atom stereocenters. The second kappa shape index (κ2) is 4.92. The Kier molecular flexibility index (Phi) is 3.62. The first-order valence-corrected chi connectivity index (χ1v) is 6.62. The minimum Gasteiger partial charge on any atom is -0.466 e. The summed E-state index contributed by atoms with van der Waals surface area (Å²) >= 11 is 0. The van der Waals surface area contributed by atoms with Crippen molar-refractivity contribution in [1.29, 1.82) is 0 Å². The summed E-state index contributed by atoms with van der Waals surface area (Å²) in [6.45, 7) is 6.49. The molecule has 1 aromatic heterocycles. The van der Waals surface area contributed by atoms with Crippen molar-refractivity contribution < 1.29 is 14.1 Å². The molecule has 1 aromatic rings. The van der Waals surface area contributed by atoms with Crippen LogP contribution in [0, 0.1) is 5.41 Å². The van der Waals surface area contributed by atoms with Crippen molar-refractivity contribution in [2.24, 2.45) is 11.1 Å². The fraction of sp³-hybridized carbons (Fsp3) is 0.769. The average Bonchev–Trinajstić information content (AvgIpc) is 2.73. The number of rotatable bonds is 5. The van der Waals surface area contributed by atoms with Crippen LogP contribution < -0.4 is 5.73 Å². The van der Waals surface area contributed by atoms with E-state index in [2.05, 4.69) is 24.0 Å². The number of hydrogen-bond acceptors (Lipinski definition) is 6. The van der Waals surface area contributed by atoms with Gasteiger partial charge in [-0.05, 0) is 25.2 Å². The van der Waals surface area contributed by atoms with Crippen LogP contribution in [0.1, 0.15) is 51.7 Å². The van der Waals surface area contributed by atoms with Crippen molar-refractivity contribution in [3.05, 3.63) is 11.7 Å². The number of ether oxygens (including phenoxy) is 1. The van der Waals surface area contributed by atoms with Gasteiger partial charge in [-0.15, -0.1) is 0 Å². The molecule has 1 aliphatic rings. The molecule has 0 spiro atoms. The molecule has 1 fully saturated rings. The third-order valence-electron chi connectivity index (χ3n) is 3.35. The minimum absolute atomic E-state index is 0.237. The number of aromatic nitrogens is 2. The molecule has 0 aromatic carbocycles. The van der Waals surface area contributed by atoms with Gasteiger partial charge in [0, 0.05) is 6.42 Å². The first-order valence-electron chi connectivity index (χ1n) is 6.62. The van der Waals surface area contributed by atoms with Gasteiger partial charge in [0.2, 0.25) is 5.89 Å². The van der Waals surface area contributed by atoms with Crippen molar-refractivity contribution >= 4 is 5.97 Å². The number of carbonyl (C=O) groups is 1. The molecule has 0 radical (unpaired) electrons. The Hall–Kier alpha value is -1.43. The first kappa shape index (κ1) is 14.0. The number of nitrogens with two attached hydrogens (primary N) is 1. The Labute approximate surface area is 112 Å². The highest BCUT2D eigenvalue weighted by Gasteiger charge is 2.50. The summed E-state index contributed by atoms with van der Waals surface area (Å²) in [5.41, 5.74) is 6.00. The molecule has 0 saturated heterocycles. The largest absolute Gasteiger partial charge is 0.466 e. The van der Waals surface area contributed by atoms with E-state index in [9.17, 15) is 4.79 Å². The van der Waals surface area contributed by atoms with E-state index in [-0.39, 0.29) is 17.8 Å². The zero-order chi connectivity index (χ0) is 14.1. The van der Waals surface area contributed by atoms with Crippen LogP contribution in [0.3, 0.4) is 0 Å². The lowest BCUT2D eigenvalue weighted by atomic mass is 9.59. The van der Waals surface area contributed by atoms with Crippen molar-refractivity contribution in [3.8, 4) is 0 Å². The Bertz CT molecular complexity index is 459. The van der Waals surface area contributed by atoms with E-state index in [4.69, 9.17) is 15.0 Å². The van der Waals surface area contributed by atoms with Gasteiger partial charge in [0.25, 0.3) is 0 Å². The molecule has 106 valence electrons. The lowest BCUT2D eigenvalue weighted by Crippen LogP contribution is -2.53. The van der Waals surface area contributed by atoms with Crippen LogP contribution in [0.15, 0.2) is 4.52 Å². The van der Waals surface area contributed by atoms with Gasteiger partial charge in [-0.3, -0.25) is 4.79 Å². The smallest absolute Gasteiger partial charge is 0.306 e. The number of nitrogens with zero attached hydrogens (tertiary/aromatic N) is 2. The molecular weight excluding hydrogens is 246 g/mol. The van der Waals surface area contributed by atoms with E-state index in [1.54, 1.807) is 6.92 Å². The fourth-order valence-electron chi connectivity index (χ4n) is 2.82. The van der Waals surface area contributed by atoms with Gasteiger partial charge in [0.05, 0.1) is 18.6 Å². The molecule has 1 saturated carbocycles. The highest BCUT2D eigenvalue weighted by atomic mass is 16.5. The summed E-state index contributed by atoms with van der Waals surface area (Å²) in [5, 5.41) is 3.94. The molecule has 0 bridgehead atoms. The summed E-state index contributed by atoms with van der Waals surface area (Å²) < 4.78 is 9.98. The zero-order valence-electron chi connectivity index (χ0n) is 11.7. The second-order valence-electron chi connectivity index (χ2n) is 5.99. The maximum absolute atomic E-state index is 11.2. The van der Waals surface area contributed by atoms with E-state index < -0.39 is 5.54 Å². The van der Waals surface area contributed by atoms with E-state index in [0.717, 1.165) is 12.8 Å². The summed E-state index contributed by atoms with van der Waals surface area (Å²) in [5.74, 6) is 0.734. The predicted molar refractivity (Wildman–Crippen MR) is 68.1 cm³/mol. The lowest BCUT2D eigenvalue weighted by molar-refractivity contribution is -0.143. The quantitative estimate of drug-likeness (QED) is 0.814. The van der Waals surface area contributed by atoms with E-state index >= 15 is 0 Å². The van der Waals surface area contributed by atoms with Gasteiger partial charge < -0.3 is 15.0 Å². The van der Waals surface area contributed by atoms with E-state index in [1.165, 1.54) is 0 Å². The zero-order valence-corrected chi connectivity index (χ0v) is 11.7. The van der Waals surface area contributed by atoms with Crippen LogP contribution in [0.25, 0.3) is 0 Å². The van der Waals surface area contributed by atoms with Crippen LogP contribution >= 0.6 is 0 Å². The maximum atomic E-state index is 11.2. The normalized spacial score (nSPS) is 19.8. The highest BCUT2D eigenvalue weighted by molar-refractivity contribution is 5.69. The monoisotopic (exact) mass is 267 g/mol.